The Kier molecular flexibility index (Phi) is 8.67. The van der Waals surface area contributed by atoms with Gasteiger partial charge in [-0.05, 0) is 13.0 Å². The van der Waals surface area contributed by atoms with Gasteiger partial charge < -0.3 is 0 Å². The quantitative estimate of drug-likeness (QED) is 0.617. The molecule has 0 amide bonds. The predicted octanol–water partition coefficient (Wildman–Crippen LogP) is 3.95. The fourth-order valence-electron chi connectivity index (χ4n) is 0.470. The highest BCUT2D eigenvalue weighted by molar-refractivity contribution is 9.69. The molecule has 11 heavy (non-hydrogen) atoms. The Morgan fingerprint density at radius 3 is 1.73 bits per heavy atom. The van der Waals surface area contributed by atoms with Crippen molar-refractivity contribution >= 4 is 50.8 Å². The van der Waals surface area contributed by atoms with Crippen molar-refractivity contribution in [3.8, 4) is 0 Å². The normalized spacial score (nSPS) is 8.00. The first-order valence-corrected chi connectivity index (χ1v) is 12.5. The van der Waals surface area contributed by atoms with Gasteiger partial charge in [-0.15, -0.1) is 0 Å². The zero-order valence-corrected chi connectivity index (χ0v) is 11.9. The molecule has 0 atom stereocenters. The molecule has 1 aromatic carbocycles. The first-order valence-electron chi connectivity index (χ1n) is 2.98. The highest BCUT2D eigenvalue weighted by Crippen LogP contribution is 2.07. The van der Waals surface area contributed by atoms with Crippen molar-refractivity contribution in [1.29, 1.82) is 0 Å². The van der Waals surface area contributed by atoms with E-state index in [1.807, 2.05) is 24.3 Å². The van der Waals surface area contributed by atoms with E-state index in [0.29, 0.717) is 0 Å². The standard InChI is InChI=1S/C7H7.Al.3BrH/c1-7-5-3-2-4-6-7;;;;/h3-6H,1H3;;3*1H/q;+3;;;/p-3. The van der Waals surface area contributed by atoms with E-state index in [1.54, 1.807) is 0 Å². The molecule has 1 aromatic rings. The third-order valence-corrected chi connectivity index (χ3v) is 0.885. The van der Waals surface area contributed by atoms with Gasteiger partial charge in [0.15, 0.2) is 0 Å². The lowest BCUT2D eigenvalue weighted by molar-refractivity contribution is 1.47. The van der Waals surface area contributed by atoms with Gasteiger partial charge in [-0.1, -0.05) is 29.8 Å². The minimum atomic E-state index is -0.701. The van der Waals surface area contributed by atoms with Crippen LogP contribution >= 0.6 is 42.2 Å². The summed E-state index contributed by atoms with van der Waals surface area (Å²) in [5, 5.41) is 0. The molecule has 0 N–H and O–H groups in total. The minimum absolute atomic E-state index is 0.701. The van der Waals surface area contributed by atoms with Crippen LogP contribution in [0.2, 0.25) is 0 Å². The van der Waals surface area contributed by atoms with E-state index in [2.05, 4.69) is 55.1 Å². The molecule has 1 radical (unpaired) electrons. The van der Waals surface area contributed by atoms with Crippen molar-refractivity contribution in [2.24, 2.45) is 0 Å². The van der Waals surface area contributed by atoms with Crippen molar-refractivity contribution in [3.05, 3.63) is 35.9 Å². The molecular formula is C7H7AlBr3. The molecule has 0 bridgehead atoms. The molecule has 0 saturated heterocycles. The molecule has 4 heteroatoms. The second-order valence-electron chi connectivity index (χ2n) is 1.82. The summed E-state index contributed by atoms with van der Waals surface area (Å²) in [7, 11) is -0.701. The van der Waals surface area contributed by atoms with Crippen LogP contribution in [0.1, 0.15) is 5.56 Å². The van der Waals surface area contributed by atoms with Gasteiger partial charge in [0, 0.05) is 0 Å². The van der Waals surface area contributed by atoms with Crippen LogP contribution in [0.25, 0.3) is 0 Å². The molecule has 0 heterocycles. The number of aryl methyl sites for hydroxylation is 1. The van der Waals surface area contributed by atoms with Gasteiger partial charge in [0.25, 0.3) is 0 Å². The lowest BCUT2D eigenvalue weighted by atomic mass is 10.2. The molecule has 0 aliphatic rings. The summed E-state index contributed by atoms with van der Waals surface area (Å²) in [4.78, 5) is 0. The van der Waals surface area contributed by atoms with E-state index in [-0.39, 0.29) is 0 Å². The Morgan fingerprint density at radius 2 is 1.55 bits per heavy atom. The summed E-state index contributed by atoms with van der Waals surface area (Å²) in [6.07, 6.45) is 0. The number of hydrogen-bond acceptors (Lipinski definition) is 0. The highest BCUT2D eigenvalue weighted by atomic mass is 80.0. The molecule has 0 aliphatic carbocycles. The van der Waals surface area contributed by atoms with E-state index >= 15 is 0 Å². The van der Waals surface area contributed by atoms with Gasteiger partial charge in [-0.3, -0.25) is 0 Å². The van der Waals surface area contributed by atoms with Gasteiger partial charge in [0.1, 0.15) is 0 Å². The molecule has 0 aromatic heterocycles. The van der Waals surface area contributed by atoms with Gasteiger partial charge >= 0.3 is 8.67 Å². The van der Waals surface area contributed by atoms with Crippen LogP contribution in [0.4, 0.5) is 0 Å². The zero-order chi connectivity index (χ0) is 8.69. The molecule has 0 fully saturated rings. The topological polar surface area (TPSA) is 0 Å². The van der Waals surface area contributed by atoms with E-state index in [0.717, 1.165) is 0 Å². The first kappa shape index (κ1) is 12.2. The van der Waals surface area contributed by atoms with Gasteiger partial charge in [-0.2, -0.15) is 42.2 Å². The molecule has 0 spiro atoms. The lowest BCUT2D eigenvalue weighted by Crippen LogP contribution is -1.63. The second kappa shape index (κ2) is 7.82. The van der Waals surface area contributed by atoms with Crippen LogP contribution < -0.4 is 0 Å². The molecule has 0 unspecified atom stereocenters. The maximum atomic E-state index is 3.24. The van der Waals surface area contributed by atoms with E-state index < -0.39 is 8.67 Å². The average molecular weight is 358 g/mol. The summed E-state index contributed by atoms with van der Waals surface area (Å²) in [5.74, 6) is 0. The van der Waals surface area contributed by atoms with Crippen LogP contribution in [0.5, 0.6) is 0 Å². The Bertz CT molecular complexity index is 174. The van der Waals surface area contributed by atoms with Crippen LogP contribution in [0.15, 0.2) is 24.3 Å². The van der Waals surface area contributed by atoms with Gasteiger partial charge in [-0.25, -0.2) is 0 Å². The number of benzene rings is 1. The minimum Gasteiger partial charge on any atom is -0.181 e. The Hall–Kier alpha value is 1.19. The largest absolute Gasteiger partial charge is 0.542 e. The number of rotatable bonds is 0. The SMILES string of the molecule is Cc1cc[c]cc1.[Br][Al]([Br])[Br]. The smallest absolute Gasteiger partial charge is 0.181 e. The van der Waals surface area contributed by atoms with E-state index in [1.165, 1.54) is 5.56 Å². The summed E-state index contributed by atoms with van der Waals surface area (Å²) in [6, 6.07) is 10.8. The highest BCUT2D eigenvalue weighted by Gasteiger charge is 1.95. The fourth-order valence-corrected chi connectivity index (χ4v) is 0.470. The van der Waals surface area contributed by atoms with E-state index in [4.69, 9.17) is 0 Å². The number of hydrogen-bond donors (Lipinski definition) is 0. The monoisotopic (exact) mass is 355 g/mol. The van der Waals surface area contributed by atoms with E-state index in [9.17, 15) is 0 Å². The second-order valence-corrected chi connectivity index (χ2v) is 21.6. The van der Waals surface area contributed by atoms with Gasteiger partial charge in [0.05, 0.1) is 0 Å². The van der Waals surface area contributed by atoms with Crippen molar-refractivity contribution < 1.29 is 0 Å². The summed E-state index contributed by atoms with van der Waals surface area (Å²) < 4.78 is 0. The van der Waals surface area contributed by atoms with Crippen molar-refractivity contribution in [2.75, 3.05) is 0 Å². The third-order valence-electron chi connectivity index (χ3n) is 0.885. The maximum Gasteiger partial charge on any atom is 0.542 e. The molecule has 1 rings (SSSR count). The Morgan fingerprint density at radius 1 is 1.18 bits per heavy atom. The van der Waals surface area contributed by atoms with Crippen LogP contribution in [0.3, 0.4) is 0 Å². The molecule has 0 aliphatic heterocycles. The molecule has 0 nitrogen and oxygen atoms in total. The molecule has 0 saturated carbocycles. The van der Waals surface area contributed by atoms with Crippen LogP contribution in [-0.4, -0.2) is 8.67 Å². The maximum absolute atomic E-state index is 3.24. The van der Waals surface area contributed by atoms with Crippen molar-refractivity contribution in [1.82, 2.24) is 0 Å². The average Bonchev–Trinajstić information content (AvgIpc) is 1.87. The zero-order valence-electron chi connectivity index (χ0n) is 6.02. The molecular weight excluding hydrogens is 351 g/mol. The third kappa shape index (κ3) is 11.2. The van der Waals surface area contributed by atoms with Crippen molar-refractivity contribution in [2.45, 2.75) is 6.92 Å². The predicted molar refractivity (Wildman–Crippen MR) is 62.6 cm³/mol. The van der Waals surface area contributed by atoms with Crippen molar-refractivity contribution in [3.63, 3.8) is 0 Å². The lowest BCUT2D eigenvalue weighted by Gasteiger charge is -1.82. The summed E-state index contributed by atoms with van der Waals surface area (Å²) >= 11 is 9.73. The Labute approximate surface area is 92.7 Å². The number of halogens is 3. The van der Waals surface area contributed by atoms with Gasteiger partial charge in [0.2, 0.25) is 0 Å². The van der Waals surface area contributed by atoms with Crippen LogP contribution in [0, 0.1) is 13.0 Å². The summed E-state index contributed by atoms with van der Waals surface area (Å²) in [6.45, 7) is 2.06. The summed E-state index contributed by atoms with van der Waals surface area (Å²) in [5.41, 5.74) is 1.29. The van der Waals surface area contributed by atoms with Crippen LogP contribution in [-0.2, 0) is 0 Å². The molecule has 59 valence electrons. The first-order chi connectivity index (χ1) is 5.13. The fraction of sp³-hybridized carbons (Fsp3) is 0.143. The Balaban J connectivity index is 0.000000218.